The number of carbonyl (C=O) groups excluding carboxylic acids is 1. The third-order valence-electron chi connectivity index (χ3n) is 4.98. The molecule has 160 valence electrons. The Kier molecular flexibility index (Phi) is 6.03. The van der Waals surface area contributed by atoms with Crippen LogP contribution in [0.3, 0.4) is 0 Å². The first kappa shape index (κ1) is 20.9. The second-order valence-corrected chi connectivity index (χ2v) is 7.34. The smallest absolute Gasteiger partial charge is 0.269 e. The van der Waals surface area contributed by atoms with Crippen LogP contribution < -0.4 is 5.32 Å². The van der Waals surface area contributed by atoms with E-state index >= 15 is 0 Å². The normalized spacial score (nSPS) is 11.7. The van der Waals surface area contributed by atoms with E-state index in [1.807, 2.05) is 49.4 Å². The second-order valence-electron chi connectivity index (χ2n) is 7.34. The molecule has 0 saturated carbocycles. The van der Waals surface area contributed by atoms with E-state index in [1.165, 1.54) is 12.1 Å². The Bertz CT molecular complexity index is 1220. The average molecular weight is 428 g/mol. The highest BCUT2D eigenvalue weighted by Gasteiger charge is 2.23. The first-order valence-electron chi connectivity index (χ1n) is 9.99. The number of rotatable bonds is 7. The van der Waals surface area contributed by atoms with Gasteiger partial charge in [-0.15, -0.1) is 0 Å². The fourth-order valence-corrected chi connectivity index (χ4v) is 3.22. The Hall–Kier alpha value is -4.33. The Morgan fingerprint density at radius 1 is 1.03 bits per heavy atom. The fraction of sp³-hybridized carbons (Fsp3) is 0.125. The Morgan fingerprint density at radius 2 is 1.72 bits per heavy atom. The molecule has 0 unspecified atom stereocenters. The summed E-state index contributed by atoms with van der Waals surface area (Å²) in [5.74, 6) is 0.293. The van der Waals surface area contributed by atoms with Crippen molar-refractivity contribution in [1.29, 1.82) is 0 Å². The van der Waals surface area contributed by atoms with Crippen LogP contribution >= 0.6 is 0 Å². The maximum Gasteiger partial charge on any atom is 0.269 e. The van der Waals surface area contributed by atoms with Crippen molar-refractivity contribution < 1.29 is 14.2 Å². The molecular weight excluding hydrogens is 408 g/mol. The third kappa shape index (κ3) is 4.86. The number of nitro benzene ring substituents is 1. The van der Waals surface area contributed by atoms with Crippen molar-refractivity contribution in [1.82, 2.24) is 15.5 Å². The summed E-state index contributed by atoms with van der Waals surface area (Å²) in [5, 5.41) is 17.9. The van der Waals surface area contributed by atoms with Crippen LogP contribution in [0.2, 0.25) is 0 Å². The first-order chi connectivity index (χ1) is 15.5. The van der Waals surface area contributed by atoms with Gasteiger partial charge in [0.1, 0.15) is 6.04 Å². The minimum Gasteiger partial charge on any atom is -0.340 e. The van der Waals surface area contributed by atoms with Gasteiger partial charge in [0.25, 0.3) is 11.6 Å². The lowest BCUT2D eigenvalue weighted by Crippen LogP contribution is -2.30. The van der Waals surface area contributed by atoms with Crippen molar-refractivity contribution in [2.24, 2.45) is 0 Å². The van der Waals surface area contributed by atoms with Crippen LogP contribution in [-0.4, -0.2) is 21.0 Å². The van der Waals surface area contributed by atoms with Crippen LogP contribution in [-0.2, 0) is 6.42 Å². The number of amides is 1. The number of nitro groups is 1. The summed E-state index contributed by atoms with van der Waals surface area (Å²) in [6.07, 6.45) is 0.459. The van der Waals surface area contributed by atoms with Crippen molar-refractivity contribution in [3.8, 4) is 11.4 Å². The van der Waals surface area contributed by atoms with Gasteiger partial charge in [-0.2, -0.15) is 4.98 Å². The number of hydrogen-bond acceptors (Lipinski definition) is 6. The summed E-state index contributed by atoms with van der Waals surface area (Å²) < 4.78 is 5.48. The van der Waals surface area contributed by atoms with Gasteiger partial charge in [0.15, 0.2) is 0 Å². The minimum absolute atomic E-state index is 0.0233. The molecule has 32 heavy (non-hydrogen) atoms. The molecule has 0 spiro atoms. The highest BCUT2D eigenvalue weighted by Crippen LogP contribution is 2.24. The van der Waals surface area contributed by atoms with Crippen molar-refractivity contribution in [3.63, 3.8) is 0 Å². The summed E-state index contributed by atoms with van der Waals surface area (Å²) >= 11 is 0. The van der Waals surface area contributed by atoms with Crippen molar-refractivity contribution >= 4 is 11.6 Å². The predicted octanol–water partition coefficient (Wildman–Crippen LogP) is 4.67. The van der Waals surface area contributed by atoms with E-state index in [0.717, 1.165) is 11.1 Å². The predicted molar refractivity (Wildman–Crippen MR) is 118 cm³/mol. The number of non-ortho nitro benzene ring substituents is 1. The van der Waals surface area contributed by atoms with Crippen LogP contribution in [0.5, 0.6) is 0 Å². The molecule has 8 heteroatoms. The molecule has 1 amide bonds. The van der Waals surface area contributed by atoms with Crippen LogP contribution in [0.25, 0.3) is 11.4 Å². The van der Waals surface area contributed by atoms with Gasteiger partial charge in [0.05, 0.1) is 4.92 Å². The van der Waals surface area contributed by atoms with Gasteiger partial charge in [-0.25, -0.2) is 0 Å². The average Bonchev–Trinajstić information content (AvgIpc) is 3.30. The number of nitrogens with one attached hydrogen (secondary N) is 1. The lowest BCUT2D eigenvalue weighted by atomic mass is 10.0. The summed E-state index contributed by atoms with van der Waals surface area (Å²) in [7, 11) is 0. The molecule has 0 aliphatic rings. The summed E-state index contributed by atoms with van der Waals surface area (Å²) in [4.78, 5) is 27.7. The highest BCUT2D eigenvalue weighted by molar-refractivity contribution is 5.94. The number of hydrogen-bond donors (Lipinski definition) is 1. The summed E-state index contributed by atoms with van der Waals surface area (Å²) in [5.41, 5.74) is 3.14. The quantitative estimate of drug-likeness (QED) is 0.338. The van der Waals surface area contributed by atoms with E-state index < -0.39 is 11.0 Å². The van der Waals surface area contributed by atoms with Crippen molar-refractivity contribution in [2.45, 2.75) is 19.4 Å². The number of nitrogens with zero attached hydrogens (tertiary/aromatic N) is 3. The molecule has 0 bridgehead atoms. The molecule has 1 aromatic heterocycles. The molecule has 4 aromatic rings. The van der Waals surface area contributed by atoms with Crippen molar-refractivity contribution in [3.05, 3.63) is 112 Å². The van der Waals surface area contributed by atoms with Gasteiger partial charge < -0.3 is 9.84 Å². The topological polar surface area (TPSA) is 111 Å². The first-order valence-corrected chi connectivity index (χ1v) is 9.99. The maximum atomic E-state index is 12.8. The van der Waals surface area contributed by atoms with Gasteiger partial charge in [-0.1, -0.05) is 53.2 Å². The zero-order valence-corrected chi connectivity index (χ0v) is 17.3. The molecule has 0 aliphatic carbocycles. The van der Waals surface area contributed by atoms with E-state index in [2.05, 4.69) is 15.5 Å². The van der Waals surface area contributed by atoms with E-state index in [9.17, 15) is 14.9 Å². The Balaban J connectivity index is 1.60. The summed E-state index contributed by atoms with van der Waals surface area (Å²) in [6, 6.07) is 22.3. The van der Waals surface area contributed by atoms with E-state index in [0.29, 0.717) is 17.5 Å². The molecule has 0 saturated heterocycles. The molecule has 0 fully saturated rings. The highest BCUT2D eigenvalue weighted by atomic mass is 16.6. The molecular formula is C24H20N4O4. The SMILES string of the molecule is Cc1ccc(C(=O)N[C@H](Cc2ccccc2)c2nc(-c3ccc([N+](=O)[O-])cc3)no2)cc1. The lowest BCUT2D eigenvalue weighted by Gasteiger charge is -2.15. The largest absolute Gasteiger partial charge is 0.340 e. The number of carbonyl (C=O) groups is 1. The van der Waals surface area contributed by atoms with Crippen molar-refractivity contribution in [2.75, 3.05) is 0 Å². The zero-order valence-electron chi connectivity index (χ0n) is 17.3. The Morgan fingerprint density at radius 3 is 2.38 bits per heavy atom. The summed E-state index contributed by atoms with van der Waals surface area (Å²) in [6.45, 7) is 1.96. The van der Waals surface area contributed by atoms with Gasteiger partial charge in [0, 0.05) is 29.7 Å². The van der Waals surface area contributed by atoms with Gasteiger partial charge >= 0.3 is 0 Å². The molecule has 1 N–H and O–H groups in total. The number of benzene rings is 3. The molecule has 1 heterocycles. The molecule has 8 nitrogen and oxygen atoms in total. The van der Waals surface area contributed by atoms with Crippen LogP contribution in [0, 0.1) is 17.0 Å². The second kappa shape index (κ2) is 9.22. The number of aryl methyl sites for hydroxylation is 1. The van der Waals surface area contributed by atoms with Crippen LogP contribution in [0.15, 0.2) is 83.4 Å². The Labute approximate surface area is 184 Å². The van der Waals surface area contributed by atoms with Crippen LogP contribution in [0.4, 0.5) is 5.69 Å². The van der Waals surface area contributed by atoms with Gasteiger partial charge in [-0.05, 0) is 36.8 Å². The maximum absolute atomic E-state index is 12.8. The fourth-order valence-electron chi connectivity index (χ4n) is 3.22. The van der Waals surface area contributed by atoms with Gasteiger partial charge in [0.2, 0.25) is 11.7 Å². The molecule has 0 radical (unpaired) electrons. The monoisotopic (exact) mass is 428 g/mol. The van der Waals surface area contributed by atoms with Gasteiger partial charge in [-0.3, -0.25) is 14.9 Å². The standard InChI is InChI=1S/C24H20N4O4/c1-16-7-9-19(10-8-16)23(29)25-21(15-17-5-3-2-4-6-17)24-26-22(27-32-24)18-11-13-20(14-12-18)28(30)31/h2-14,21H,15H2,1H3,(H,25,29)/t21-/m1/s1. The van der Waals surface area contributed by atoms with E-state index in [1.54, 1.807) is 24.3 Å². The molecule has 3 aromatic carbocycles. The van der Waals surface area contributed by atoms with E-state index in [-0.39, 0.29) is 23.3 Å². The minimum atomic E-state index is -0.550. The third-order valence-corrected chi connectivity index (χ3v) is 4.98. The molecule has 1 atom stereocenters. The molecule has 4 rings (SSSR count). The zero-order chi connectivity index (χ0) is 22.5. The van der Waals surface area contributed by atoms with E-state index in [4.69, 9.17) is 4.52 Å². The van der Waals surface area contributed by atoms with Crippen LogP contribution in [0.1, 0.15) is 33.4 Å². The molecule has 0 aliphatic heterocycles. The number of aromatic nitrogens is 2. The lowest BCUT2D eigenvalue weighted by molar-refractivity contribution is -0.384.